The molecule has 0 radical (unpaired) electrons. The summed E-state index contributed by atoms with van der Waals surface area (Å²) < 4.78 is 36.1. The van der Waals surface area contributed by atoms with Crippen molar-refractivity contribution >= 4 is 15.9 Å². The molecule has 1 aliphatic carbocycles. The monoisotopic (exact) mass is 453 g/mol. The Bertz CT molecular complexity index is 1210. The van der Waals surface area contributed by atoms with Crippen molar-refractivity contribution in [3.63, 3.8) is 0 Å². The molecular weight excluding hydrogens is 430 g/mol. The lowest BCUT2D eigenvalue weighted by Crippen LogP contribution is -2.29. The number of hydrogen-bond acceptors (Lipinski definition) is 7. The minimum atomic E-state index is -3.61. The Morgan fingerprint density at radius 1 is 1.12 bits per heavy atom. The van der Waals surface area contributed by atoms with Crippen LogP contribution in [0.2, 0.25) is 0 Å². The highest BCUT2D eigenvalue weighted by molar-refractivity contribution is 7.89. The molecule has 1 heterocycles. The van der Waals surface area contributed by atoms with Crippen LogP contribution in [0.15, 0.2) is 61.1 Å². The Balaban J connectivity index is 1.41. The van der Waals surface area contributed by atoms with E-state index in [2.05, 4.69) is 9.97 Å². The van der Waals surface area contributed by atoms with Gasteiger partial charge < -0.3 is 9.47 Å². The number of nitrogens with one attached hydrogen (secondary N) is 1. The molecule has 9 heteroatoms. The van der Waals surface area contributed by atoms with Crippen molar-refractivity contribution in [2.75, 3.05) is 12.9 Å². The molecule has 1 aromatic heterocycles. The van der Waals surface area contributed by atoms with Crippen molar-refractivity contribution in [3.8, 4) is 22.8 Å². The molecule has 8 nitrogen and oxygen atoms in total. The Morgan fingerprint density at radius 3 is 2.62 bits per heavy atom. The third-order valence-electron chi connectivity index (χ3n) is 4.86. The van der Waals surface area contributed by atoms with E-state index in [1.807, 2.05) is 29.0 Å². The highest BCUT2D eigenvalue weighted by Gasteiger charge is 2.22. The summed E-state index contributed by atoms with van der Waals surface area (Å²) in [5.41, 5.74) is 2.67. The van der Waals surface area contributed by atoms with Crippen molar-refractivity contribution in [3.05, 3.63) is 72.2 Å². The molecule has 1 aliphatic rings. The second-order valence-electron chi connectivity index (χ2n) is 7.71. The number of nitrogens with zero attached hydrogens (tertiary/aromatic N) is 2. The number of hydrogen-bond donors (Lipinski definition) is 1. The van der Waals surface area contributed by atoms with Gasteiger partial charge in [-0.3, -0.25) is 4.79 Å². The highest BCUT2D eigenvalue weighted by atomic mass is 32.2. The second kappa shape index (κ2) is 9.35. The van der Waals surface area contributed by atoms with E-state index in [1.54, 1.807) is 30.5 Å². The molecule has 166 valence electrons. The molecule has 0 spiro atoms. The minimum absolute atomic E-state index is 0.253. The number of amides is 1. The van der Waals surface area contributed by atoms with Gasteiger partial charge in [0.1, 0.15) is 24.4 Å². The van der Waals surface area contributed by atoms with E-state index in [-0.39, 0.29) is 12.2 Å². The van der Waals surface area contributed by atoms with Gasteiger partial charge in [0.2, 0.25) is 10.0 Å². The number of aromatic nitrogens is 2. The van der Waals surface area contributed by atoms with Crippen LogP contribution in [0.4, 0.5) is 0 Å². The van der Waals surface area contributed by atoms with Crippen LogP contribution in [0.25, 0.3) is 11.3 Å². The zero-order chi connectivity index (χ0) is 22.6. The van der Waals surface area contributed by atoms with Crippen LogP contribution in [-0.4, -0.2) is 37.2 Å². The first-order valence-electron chi connectivity index (χ1n) is 10.1. The van der Waals surface area contributed by atoms with Crippen molar-refractivity contribution in [1.82, 2.24) is 14.7 Å². The normalized spacial score (nSPS) is 13.4. The maximum absolute atomic E-state index is 11.9. The molecular formula is C23H23N3O5S. The third kappa shape index (κ3) is 6.04. The fraction of sp³-hybridized carbons (Fsp3) is 0.261. The average Bonchev–Trinajstić information content (AvgIpc) is 3.60. The molecule has 0 saturated heterocycles. The lowest BCUT2D eigenvalue weighted by Gasteiger charge is -2.11. The second-order valence-corrected chi connectivity index (χ2v) is 9.46. The van der Waals surface area contributed by atoms with E-state index in [0.717, 1.165) is 17.4 Å². The molecule has 3 aromatic rings. The summed E-state index contributed by atoms with van der Waals surface area (Å²) >= 11 is 0. The number of benzene rings is 2. The topological polar surface area (TPSA) is 107 Å². The molecule has 1 saturated carbocycles. The predicted octanol–water partition coefficient (Wildman–Crippen LogP) is 3.20. The van der Waals surface area contributed by atoms with Gasteiger partial charge in [0, 0.05) is 11.1 Å². The molecule has 0 unspecified atom stereocenters. The Labute approximate surface area is 186 Å². The summed E-state index contributed by atoms with van der Waals surface area (Å²) in [5.74, 6) is 1.27. The zero-order valence-corrected chi connectivity index (χ0v) is 18.3. The number of carbonyl (C=O) groups excluding carboxylic acids is 1. The first-order chi connectivity index (χ1) is 15.4. The van der Waals surface area contributed by atoms with Crippen LogP contribution in [0, 0.1) is 5.92 Å². The van der Waals surface area contributed by atoms with Gasteiger partial charge >= 0.3 is 0 Å². The lowest BCUT2D eigenvalue weighted by atomic mass is 10.1. The average molecular weight is 454 g/mol. The number of ether oxygens (including phenoxy) is 2. The third-order valence-corrected chi connectivity index (χ3v) is 5.41. The van der Waals surface area contributed by atoms with E-state index in [4.69, 9.17) is 9.47 Å². The fourth-order valence-corrected chi connectivity index (χ4v) is 3.47. The molecule has 1 fully saturated rings. The summed E-state index contributed by atoms with van der Waals surface area (Å²) in [6.45, 7) is 0.959. The molecule has 0 aliphatic heterocycles. The maximum atomic E-state index is 11.9. The van der Waals surface area contributed by atoms with Crippen molar-refractivity contribution in [2.45, 2.75) is 19.4 Å². The summed E-state index contributed by atoms with van der Waals surface area (Å²) in [6.07, 6.45) is 6.52. The summed E-state index contributed by atoms with van der Waals surface area (Å²) in [6, 6.07) is 14.1. The van der Waals surface area contributed by atoms with Crippen molar-refractivity contribution in [1.29, 1.82) is 0 Å². The predicted molar refractivity (Wildman–Crippen MR) is 119 cm³/mol. The van der Waals surface area contributed by atoms with Crippen LogP contribution in [0.1, 0.15) is 28.8 Å². The maximum Gasteiger partial charge on any atom is 0.264 e. The smallest absolute Gasteiger partial charge is 0.264 e. The standard InChI is InChI=1S/C23H23N3O5S/c1-32(28,29)26-23(27)18-9-7-17(8-10-18)13-30-20-4-2-3-19(11-20)22-21(12-24-15-25-22)31-14-16-5-6-16/h2-4,7-12,15-16H,5-6,13-14H2,1H3,(H,26,27). The first kappa shape index (κ1) is 21.8. The van der Waals surface area contributed by atoms with Gasteiger partial charge in [-0.2, -0.15) is 0 Å². The van der Waals surface area contributed by atoms with Gasteiger partial charge in [0.15, 0.2) is 5.75 Å². The lowest BCUT2D eigenvalue weighted by molar-refractivity contribution is 0.0981. The van der Waals surface area contributed by atoms with Crippen LogP contribution in [0.3, 0.4) is 0 Å². The SMILES string of the molecule is CS(=O)(=O)NC(=O)c1ccc(COc2cccc(-c3ncncc3OCC3CC3)c2)cc1. The van der Waals surface area contributed by atoms with E-state index >= 15 is 0 Å². The minimum Gasteiger partial charge on any atom is -0.489 e. The van der Waals surface area contributed by atoms with Gasteiger partial charge in [-0.1, -0.05) is 24.3 Å². The zero-order valence-electron chi connectivity index (χ0n) is 17.5. The van der Waals surface area contributed by atoms with Crippen LogP contribution in [-0.2, 0) is 16.6 Å². The largest absolute Gasteiger partial charge is 0.489 e. The Morgan fingerprint density at radius 2 is 1.91 bits per heavy atom. The van der Waals surface area contributed by atoms with Gasteiger partial charge in [-0.05, 0) is 48.6 Å². The summed E-state index contributed by atoms with van der Waals surface area (Å²) in [7, 11) is -3.61. The highest BCUT2D eigenvalue weighted by Crippen LogP contribution is 2.33. The Kier molecular flexibility index (Phi) is 6.36. The quantitative estimate of drug-likeness (QED) is 0.530. The molecule has 0 atom stereocenters. The fourth-order valence-electron chi connectivity index (χ4n) is 3.01. The van der Waals surface area contributed by atoms with Crippen LogP contribution in [0.5, 0.6) is 11.5 Å². The van der Waals surface area contributed by atoms with E-state index in [0.29, 0.717) is 29.7 Å². The number of sulfonamides is 1. The van der Waals surface area contributed by atoms with Crippen molar-refractivity contribution in [2.24, 2.45) is 5.92 Å². The molecule has 32 heavy (non-hydrogen) atoms. The molecule has 0 bridgehead atoms. The summed E-state index contributed by atoms with van der Waals surface area (Å²) in [5, 5.41) is 0. The molecule has 2 aromatic carbocycles. The molecule has 1 N–H and O–H groups in total. The molecule has 4 rings (SSSR count). The van der Waals surface area contributed by atoms with E-state index in [9.17, 15) is 13.2 Å². The van der Waals surface area contributed by atoms with Crippen LogP contribution >= 0.6 is 0 Å². The van der Waals surface area contributed by atoms with E-state index < -0.39 is 15.9 Å². The summed E-state index contributed by atoms with van der Waals surface area (Å²) in [4.78, 5) is 20.4. The Hall–Kier alpha value is -3.46. The number of rotatable bonds is 9. The number of carbonyl (C=O) groups is 1. The van der Waals surface area contributed by atoms with Gasteiger partial charge in [-0.15, -0.1) is 0 Å². The van der Waals surface area contributed by atoms with Gasteiger partial charge in [-0.25, -0.2) is 23.1 Å². The van der Waals surface area contributed by atoms with Gasteiger partial charge in [0.05, 0.1) is 19.1 Å². The first-order valence-corrected chi connectivity index (χ1v) is 12.0. The van der Waals surface area contributed by atoms with Crippen molar-refractivity contribution < 1.29 is 22.7 Å². The van der Waals surface area contributed by atoms with E-state index in [1.165, 1.54) is 19.2 Å². The van der Waals surface area contributed by atoms with Gasteiger partial charge in [0.25, 0.3) is 5.91 Å². The van der Waals surface area contributed by atoms with Crippen LogP contribution < -0.4 is 14.2 Å². The molecule has 1 amide bonds.